The number of carboxylic acids is 1. The van der Waals surface area contributed by atoms with Crippen LogP contribution in [0.4, 0.5) is 4.79 Å². The van der Waals surface area contributed by atoms with Crippen molar-refractivity contribution in [1.82, 2.24) is 41.3 Å². The number of benzene rings is 3. The van der Waals surface area contributed by atoms with Gasteiger partial charge in [0.1, 0.15) is 42.3 Å². The summed E-state index contributed by atoms with van der Waals surface area (Å²) in [6.45, 7) is 5.42. The fourth-order valence-corrected chi connectivity index (χ4v) is 10.5. The monoisotopic (exact) mass is 1140 g/mol. The highest BCUT2D eigenvalue weighted by Crippen LogP contribution is 2.28. The lowest BCUT2D eigenvalue weighted by Gasteiger charge is -2.39. The summed E-state index contributed by atoms with van der Waals surface area (Å²) in [5.41, 5.74) is 32.6. The first-order chi connectivity index (χ1) is 39.3. The molecule has 3 aliphatic heterocycles. The van der Waals surface area contributed by atoms with Crippen LogP contribution in [0.5, 0.6) is 0 Å². The maximum atomic E-state index is 15.3. The van der Waals surface area contributed by atoms with Gasteiger partial charge in [-0.25, -0.2) is 4.79 Å². The lowest BCUT2D eigenvalue weighted by atomic mass is 9.91. The molecule has 0 bridgehead atoms. The van der Waals surface area contributed by atoms with Crippen molar-refractivity contribution in [1.29, 1.82) is 0 Å². The predicted octanol–water partition coefficient (Wildman–Crippen LogP) is -0.723. The quantitative estimate of drug-likeness (QED) is 0.0232. The number of guanidine groups is 1. The van der Waals surface area contributed by atoms with Gasteiger partial charge in [0, 0.05) is 58.5 Å². The van der Waals surface area contributed by atoms with Crippen molar-refractivity contribution in [3.63, 3.8) is 0 Å². The Hall–Kier alpha value is -8.16. The number of unbranched alkanes of at least 4 members (excludes halogenated alkanes) is 2. The highest BCUT2D eigenvalue weighted by Gasteiger charge is 2.43. The highest BCUT2D eigenvalue weighted by atomic mass is 16.5. The Morgan fingerprint density at radius 3 is 1.66 bits per heavy atom. The van der Waals surface area contributed by atoms with E-state index in [0.717, 1.165) is 29.8 Å². The maximum Gasteiger partial charge on any atom is 0.312 e. The van der Waals surface area contributed by atoms with Crippen molar-refractivity contribution in [2.75, 3.05) is 39.4 Å². The second-order valence-electron chi connectivity index (χ2n) is 21.0. The molecule has 3 aliphatic rings. The topological polar surface area (TPSA) is 395 Å². The van der Waals surface area contributed by atoms with Gasteiger partial charge in [-0.15, -0.1) is 0 Å². The van der Waals surface area contributed by atoms with Gasteiger partial charge in [0.25, 0.3) is 0 Å². The van der Waals surface area contributed by atoms with Crippen molar-refractivity contribution in [3.05, 3.63) is 106 Å². The number of carbonyl (C=O) groups is 9. The molecule has 0 aliphatic carbocycles. The molecular weight excluding hydrogens is 1060 g/mol. The van der Waals surface area contributed by atoms with E-state index in [1.54, 1.807) is 30.3 Å². The Morgan fingerprint density at radius 1 is 0.610 bits per heavy atom. The number of urea groups is 1. The first-order valence-corrected chi connectivity index (χ1v) is 28.0. The van der Waals surface area contributed by atoms with Crippen LogP contribution in [-0.2, 0) is 82.0 Å². The number of morpholine rings is 1. The molecule has 25 nitrogen and oxygen atoms in total. The molecule has 0 aromatic heterocycles. The number of ether oxygens (including phenoxy) is 1. The predicted molar refractivity (Wildman–Crippen MR) is 303 cm³/mol. The maximum absolute atomic E-state index is 15.3. The van der Waals surface area contributed by atoms with Crippen molar-refractivity contribution < 1.29 is 53.0 Å². The lowest BCUT2D eigenvalue weighted by molar-refractivity contribution is -0.148. The van der Waals surface area contributed by atoms with Crippen LogP contribution in [-0.4, -0.2) is 161 Å². The summed E-state index contributed by atoms with van der Waals surface area (Å²) < 4.78 is 5.52. The van der Waals surface area contributed by atoms with Crippen LogP contribution in [0, 0.1) is 0 Å². The van der Waals surface area contributed by atoms with Crippen molar-refractivity contribution in [2.24, 2.45) is 33.7 Å². The number of fused-ring (bicyclic) bond motifs is 2. The van der Waals surface area contributed by atoms with Gasteiger partial charge in [-0.1, -0.05) is 92.6 Å². The summed E-state index contributed by atoms with van der Waals surface area (Å²) in [7, 11) is 0. The number of nitrogens with zero attached hydrogens (tertiary/aromatic N) is 4. The number of aliphatic imine (C=N–C) groups is 1. The summed E-state index contributed by atoms with van der Waals surface area (Å²) in [6, 6.07) is 11.6. The van der Waals surface area contributed by atoms with Crippen LogP contribution in [0.15, 0.2) is 77.8 Å². The number of rotatable bonds is 29. The first-order valence-electron chi connectivity index (χ1n) is 28.0. The number of carboxylic acid groups (broad SMARTS) is 1. The largest absolute Gasteiger partial charge is 0.481 e. The molecule has 25 heteroatoms. The van der Waals surface area contributed by atoms with Crippen LogP contribution in [0.3, 0.4) is 0 Å². The summed E-state index contributed by atoms with van der Waals surface area (Å²) in [6.07, 6.45) is 1.69. The van der Waals surface area contributed by atoms with Gasteiger partial charge < -0.3 is 74.9 Å². The Bertz CT molecular complexity index is 2750. The third-order valence-corrected chi connectivity index (χ3v) is 14.9. The molecule has 1 saturated heterocycles. The van der Waals surface area contributed by atoms with Gasteiger partial charge in [-0.05, 0) is 78.5 Å². The third-order valence-electron chi connectivity index (χ3n) is 14.9. The Balaban J connectivity index is 1.35. The summed E-state index contributed by atoms with van der Waals surface area (Å²) in [5.74, 6) is -7.06. The molecule has 0 unspecified atom stereocenters. The number of amides is 9. The normalized spacial score (nSPS) is 17.7. The number of hydrogen-bond acceptors (Lipinski definition) is 13. The van der Waals surface area contributed by atoms with Crippen LogP contribution in [0.25, 0.3) is 0 Å². The lowest BCUT2D eigenvalue weighted by Crippen LogP contribution is -2.62. The van der Waals surface area contributed by atoms with E-state index in [2.05, 4.69) is 36.5 Å². The van der Waals surface area contributed by atoms with E-state index >= 15 is 14.4 Å². The van der Waals surface area contributed by atoms with Crippen LogP contribution in [0.2, 0.25) is 0 Å². The molecule has 9 amide bonds. The minimum atomic E-state index is -1.71. The second-order valence-corrected chi connectivity index (χ2v) is 21.0. The molecule has 1 fully saturated rings. The van der Waals surface area contributed by atoms with E-state index in [0.29, 0.717) is 68.7 Å². The SMILES string of the molecule is CCCC[C@H](NC(N)=O)C(=O)N[C@@H](CC(=O)O)C(=O)N1Cc2ccccc2C[C@H]1C(=O)N[C@H](Cc1ccc(CN2CCOCC2)cc1)C(=O)N[C@@H](CCCN=C(N)N)C(=O)N1Cc2ccccc2C[C@H]1C(=O)N[C@@H](CCCCN)C(N)=O. The van der Waals surface area contributed by atoms with Gasteiger partial charge in [0.05, 0.1) is 19.6 Å². The van der Waals surface area contributed by atoms with E-state index in [-0.39, 0.29) is 70.5 Å². The van der Waals surface area contributed by atoms with Gasteiger partial charge in [-0.2, -0.15) is 0 Å². The molecule has 0 radical (unpaired) electrons. The Labute approximate surface area is 477 Å². The van der Waals surface area contributed by atoms with Gasteiger partial charge in [0.15, 0.2) is 5.96 Å². The van der Waals surface area contributed by atoms with Crippen molar-refractivity contribution in [3.8, 4) is 0 Å². The standard InChI is InChI=1S/C57H80N14O11/c1-2-3-15-42(68-57(62)81)50(75)67-45(31-48(72)73)55(80)71-34-40-14-7-5-12-38(40)30-47(71)53(78)66-44(28-35-18-20-36(21-19-35)32-69-24-26-82-27-25-69)51(76)65-43(17-10-23-63-56(60)61)54(79)70-33-39-13-6-4-11-37(39)29-46(70)52(77)64-41(49(59)74)16-8-9-22-58/h4-7,11-14,18-21,41-47H,2-3,8-10,15-17,22-34,58H2,1H3,(H2,59,74)(H,64,77)(H,65,76)(H,66,78)(H,67,75)(H,72,73)(H4,60,61,63)(H3,62,68,81)/t41-,42-,43-,44+,45-,46-,47-/m0/s1. The van der Waals surface area contributed by atoms with Crippen LogP contribution in [0.1, 0.15) is 98.1 Å². The zero-order valence-corrected chi connectivity index (χ0v) is 46.5. The Morgan fingerprint density at radius 2 is 1.12 bits per heavy atom. The van der Waals surface area contributed by atoms with E-state index in [4.69, 9.17) is 33.4 Å². The number of nitrogens with two attached hydrogens (primary N) is 5. The molecule has 7 atom stereocenters. The molecule has 444 valence electrons. The molecule has 82 heavy (non-hydrogen) atoms. The molecule has 16 N–H and O–H groups in total. The van der Waals surface area contributed by atoms with Gasteiger partial charge in [-0.3, -0.25) is 48.2 Å². The van der Waals surface area contributed by atoms with Gasteiger partial charge >= 0.3 is 12.0 Å². The zero-order valence-electron chi connectivity index (χ0n) is 46.5. The summed E-state index contributed by atoms with van der Waals surface area (Å²) in [4.78, 5) is 134. The van der Waals surface area contributed by atoms with Gasteiger partial charge in [0.2, 0.25) is 41.4 Å². The van der Waals surface area contributed by atoms with E-state index in [9.17, 15) is 33.9 Å². The fourth-order valence-electron chi connectivity index (χ4n) is 10.5. The molecule has 0 spiro atoms. The van der Waals surface area contributed by atoms with Crippen molar-refractivity contribution >= 4 is 59.3 Å². The van der Waals surface area contributed by atoms with E-state index in [1.165, 1.54) is 9.80 Å². The summed E-state index contributed by atoms with van der Waals surface area (Å²) in [5, 5.41) is 23.5. The first kappa shape index (κ1) is 63.0. The molecular formula is C57H80N14O11. The summed E-state index contributed by atoms with van der Waals surface area (Å²) >= 11 is 0. The highest BCUT2D eigenvalue weighted by molar-refractivity contribution is 5.99. The number of nitrogens with one attached hydrogen (secondary N) is 5. The minimum Gasteiger partial charge on any atom is -0.481 e. The number of aliphatic carboxylic acids is 1. The number of primary amides is 2. The Kier molecular flexibility index (Phi) is 24.0. The second kappa shape index (κ2) is 31.2. The van der Waals surface area contributed by atoms with E-state index < -0.39 is 102 Å². The van der Waals surface area contributed by atoms with Crippen molar-refractivity contribution in [2.45, 2.75) is 146 Å². The molecule has 0 saturated carbocycles. The molecule has 3 heterocycles. The fraction of sp³-hybridized carbons (Fsp3) is 0.509. The average Bonchev–Trinajstić information content (AvgIpc) is 3.55. The van der Waals surface area contributed by atoms with E-state index in [1.807, 2.05) is 49.4 Å². The minimum absolute atomic E-state index is 0.0413. The number of carbonyl (C=O) groups excluding carboxylic acids is 8. The number of hydrogen-bond donors (Lipinski definition) is 11. The molecule has 6 rings (SSSR count). The average molecular weight is 1140 g/mol. The molecule has 3 aromatic carbocycles. The third kappa shape index (κ3) is 18.4. The smallest absolute Gasteiger partial charge is 0.312 e. The zero-order chi connectivity index (χ0) is 59.3. The van der Waals surface area contributed by atoms with Crippen LogP contribution < -0.4 is 55.3 Å². The molecule has 3 aromatic rings. The van der Waals surface area contributed by atoms with Crippen LogP contribution >= 0.6 is 0 Å².